The number of piperazine rings is 1. The Kier molecular flexibility index (Phi) is 5.99. The number of para-hydroxylation sites is 1. The second kappa shape index (κ2) is 8.96. The summed E-state index contributed by atoms with van der Waals surface area (Å²) in [4.78, 5) is 15.4. The lowest BCUT2D eigenvalue weighted by Gasteiger charge is -2.33. The minimum absolute atomic E-state index is 0.178. The van der Waals surface area contributed by atoms with Crippen molar-refractivity contribution in [2.45, 2.75) is 43.4 Å². The van der Waals surface area contributed by atoms with E-state index in [4.69, 9.17) is 0 Å². The maximum Gasteiger partial charge on any atom is 0.276 e. The van der Waals surface area contributed by atoms with Gasteiger partial charge in [0.1, 0.15) is 0 Å². The fourth-order valence-corrected chi connectivity index (χ4v) is 5.80. The van der Waals surface area contributed by atoms with Crippen LogP contribution in [0.15, 0.2) is 59.5 Å². The molecule has 1 aromatic heterocycles. The van der Waals surface area contributed by atoms with Crippen molar-refractivity contribution in [3.63, 3.8) is 0 Å². The molecule has 2 heterocycles. The molecule has 2 aromatic carbocycles. The third kappa shape index (κ3) is 4.25. The molecule has 1 aliphatic heterocycles. The van der Waals surface area contributed by atoms with Gasteiger partial charge < -0.3 is 4.90 Å². The summed E-state index contributed by atoms with van der Waals surface area (Å²) in [7, 11) is -3.60. The first kappa shape index (κ1) is 22.7. The van der Waals surface area contributed by atoms with Crippen molar-refractivity contribution in [3.8, 4) is 5.69 Å². The fraction of sp³-hybridized carbons (Fsp3) is 0.400. The number of aromatic nitrogens is 3. The molecule has 0 N–H and O–H groups in total. The van der Waals surface area contributed by atoms with Gasteiger partial charge in [-0.1, -0.05) is 49.4 Å². The van der Waals surface area contributed by atoms with Gasteiger partial charge >= 0.3 is 0 Å². The Morgan fingerprint density at radius 3 is 2.18 bits per heavy atom. The van der Waals surface area contributed by atoms with Crippen molar-refractivity contribution >= 4 is 15.9 Å². The second-order valence-electron chi connectivity index (χ2n) is 9.26. The summed E-state index contributed by atoms with van der Waals surface area (Å²) >= 11 is 0. The van der Waals surface area contributed by atoms with Crippen LogP contribution in [0, 0.1) is 0 Å². The molecule has 8 nitrogen and oxygen atoms in total. The van der Waals surface area contributed by atoms with Crippen LogP contribution in [0.3, 0.4) is 0 Å². The highest BCUT2D eigenvalue weighted by molar-refractivity contribution is 7.89. The van der Waals surface area contributed by atoms with E-state index in [0.29, 0.717) is 29.6 Å². The van der Waals surface area contributed by atoms with Crippen LogP contribution in [0.2, 0.25) is 0 Å². The summed E-state index contributed by atoms with van der Waals surface area (Å²) < 4.78 is 29.5. The van der Waals surface area contributed by atoms with Gasteiger partial charge in [0.15, 0.2) is 5.69 Å². The zero-order chi connectivity index (χ0) is 23.9. The molecule has 0 unspecified atom stereocenters. The Morgan fingerprint density at radius 1 is 0.941 bits per heavy atom. The van der Waals surface area contributed by atoms with E-state index >= 15 is 0 Å². The van der Waals surface area contributed by atoms with E-state index in [9.17, 15) is 13.2 Å². The molecule has 1 saturated heterocycles. The molecule has 0 atom stereocenters. The van der Waals surface area contributed by atoms with Crippen LogP contribution in [-0.4, -0.2) is 64.7 Å². The average molecular weight is 480 g/mol. The van der Waals surface area contributed by atoms with Gasteiger partial charge in [0.05, 0.1) is 16.3 Å². The summed E-state index contributed by atoms with van der Waals surface area (Å²) in [6, 6.07) is 16.8. The normalized spacial score (nSPS) is 17.3. The topological polar surface area (TPSA) is 88.4 Å². The molecule has 9 heteroatoms. The number of benzene rings is 2. The molecule has 0 bridgehead atoms. The average Bonchev–Trinajstić information content (AvgIpc) is 3.61. The monoisotopic (exact) mass is 479 g/mol. The number of hydrogen-bond donors (Lipinski definition) is 0. The molecule has 0 radical (unpaired) electrons. The Morgan fingerprint density at radius 2 is 1.59 bits per heavy atom. The first-order valence-corrected chi connectivity index (χ1v) is 13.2. The predicted molar refractivity (Wildman–Crippen MR) is 129 cm³/mol. The van der Waals surface area contributed by atoms with Crippen molar-refractivity contribution < 1.29 is 13.2 Å². The molecule has 1 saturated carbocycles. The highest BCUT2D eigenvalue weighted by Gasteiger charge is 2.37. The number of carbonyl (C=O) groups is 1. The molecule has 2 fully saturated rings. The molecular weight excluding hydrogens is 450 g/mol. The van der Waals surface area contributed by atoms with Gasteiger partial charge in [-0.25, -0.2) is 13.1 Å². The number of amides is 1. The van der Waals surface area contributed by atoms with Crippen LogP contribution >= 0.6 is 0 Å². The van der Waals surface area contributed by atoms with Crippen LogP contribution in [0.4, 0.5) is 0 Å². The lowest BCUT2D eigenvalue weighted by molar-refractivity contribution is 0.0690. The van der Waals surface area contributed by atoms with Crippen LogP contribution in [-0.2, 0) is 10.0 Å². The van der Waals surface area contributed by atoms with E-state index in [2.05, 4.69) is 24.2 Å². The number of rotatable bonds is 6. The van der Waals surface area contributed by atoms with Gasteiger partial charge in [-0.05, 0) is 48.6 Å². The number of sulfonamides is 1. The molecule has 1 aliphatic carbocycles. The third-order valence-corrected chi connectivity index (χ3v) is 8.50. The number of hydrogen-bond acceptors (Lipinski definition) is 5. The van der Waals surface area contributed by atoms with Crippen molar-refractivity contribution in [3.05, 3.63) is 71.5 Å². The van der Waals surface area contributed by atoms with Gasteiger partial charge in [0, 0.05) is 32.1 Å². The summed E-state index contributed by atoms with van der Waals surface area (Å²) in [6.07, 6.45) is 2.03. The van der Waals surface area contributed by atoms with Gasteiger partial charge in [-0.15, -0.1) is 5.10 Å². The van der Waals surface area contributed by atoms with E-state index in [1.807, 2.05) is 42.5 Å². The van der Waals surface area contributed by atoms with E-state index < -0.39 is 10.0 Å². The van der Waals surface area contributed by atoms with Crippen molar-refractivity contribution in [2.24, 2.45) is 0 Å². The molecule has 178 valence electrons. The SMILES string of the molecule is CC(C)c1ccc(S(=O)(=O)N2CCN(C(=O)c3nnn(-c4ccccc4)c3C3CC3)CC2)cc1. The Labute approximate surface area is 200 Å². The lowest BCUT2D eigenvalue weighted by Crippen LogP contribution is -2.50. The highest BCUT2D eigenvalue weighted by atomic mass is 32.2. The van der Waals surface area contributed by atoms with Crippen molar-refractivity contribution in [1.82, 2.24) is 24.2 Å². The van der Waals surface area contributed by atoms with Crippen LogP contribution in [0.25, 0.3) is 5.69 Å². The van der Waals surface area contributed by atoms with Crippen LogP contribution in [0.5, 0.6) is 0 Å². The van der Waals surface area contributed by atoms with E-state index in [1.54, 1.807) is 21.7 Å². The Hall–Kier alpha value is -3.04. The summed E-state index contributed by atoms with van der Waals surface area (Å²) in [6.45, 7) is 5.31. The minimum atomic E-state index is -3.60. The van der Waals surface area contributed by atoms with E-state index in [-0.39, 0.29) is 24.9 Å². The van der Waals surface area contributed by atoms with Gasteiger partial charge in [0.2, 0.25) is 10.0 Å². The Bertz CT molecular complexity index is 1270. The van der Waals surface area contributed by atoms with E-state index in [0.717, 1.165) is 29.8 Å². The third-order valence-electron chi connectivity index (χ3n) is 6.58. The summed E-state index contributed by atoms with van der Waals surface area (Å²) in [5.41, 5.74) is 3.23. The minimum Gasteiger partial charge on any atom is -0.335 e. The molecule has 2 aliphatic rings. The molecule has 5 rings (SSSR count). The molecule has 0 spiro atoms. The highest BCUT2D eigenvalue weighted by Crippen LogP contribution is 2.42. The van der Waals surface area contributed by atoms with Crippen molar-refractivity contribution in [2.75, 3.05) is 26.2 Å². The number of carbonyl (C=O) groups excluding carboxylic acids is 1. The zero-order valence-electron chi connectivity index (χ0n) is 19.5. The van der Waals surface area contributed by atoms with Gasteiger partial charge in [0.25, 0.3) is 5.91 Å². The summed E-state index contributed by atoms with van der Waals surface area (Å²) in [5, 5.41) is 8.55. The maximum absolute atomic E-state index is 13.4. The predicted octanol–water partition coefficient (Wildman–Crippen LogP) is 3.41. The van der Waals surface area contributed by atoms with Crippen LogP contribution in [0.1, 0.15) is 60.3 Å². The fourth-order valence-electron chi connectivity index (χ4n) is 4.38. The molecular formula is C25H29N5O3S. The maximum atomic E-state index is 13.4. The number of nitrogens with zero attached hydrogens (tertiary/aromatic N) is 5. The first-order valence-electron chi connectivity index (χ1n) is 11.8. The zero-order valence-corrected chi connectivity index (χ0v) is 20.3. The summed E-state index contributed by atoms with van der Waals surface area (Å²) in [5.74, 6) is 0.443. The van der Waals surface area contributed by atoms with Gasteiger partial charge in [-0.3, -0.25) is 4.79 Å². The van der Waals surface area contributed by atoms with Crippen molar-refractivity contribution in [1.29, 1.82) is 0 Å². The standard InChI is InChI=1S/C25H29N5O3S/c1-18(2)19-10-12-22(13-11-19)34(32,33)29-16-14-28(15-17-29)25(31)23-24(20-8-9-20)30(27-26-23)21-6-4-3-5-7-21/h3-7,10-13,18,20H,8-9,14-17H2,1-2H3. The second-order valence-corrected chi connectivity index (χ2v) is 11.2. The molecule has 3 aromatic rings. The largest absolute Gasteiger partial charge is 0.335 e. The lowest BCUT2D eigenvalue weighted by atomic mass is 10.0. The quantitative estimate of drug-likeness (QED) is 0.541. The van der Waals surface area contributed by atoms with Crippen LogP contribution < -0.4 is 0 Å². The Balaban J connectivity index is 1.31. The molecule has 34 heavy (non-hydrogen) atoms. The first-order chi connectivity index (χ1) is 16.4. The van der Waals surface area contributed by atoms with Gasteiger partial charge in [-0.2, -0.15) is 4.31 Å². The molecule has 1 amide bonds. The van der Waals surface area contributed by atoms with E-state index in [1.165, 1.54) is 4.31 Å². The smallest absolute Gasteiger partial charge is 0.276 e.